The summed E-state index contributed by atoms with van der Waals surface area (Å²) in [5.41, 5.74) is 3.07. The van der Waals surface area contributed by atoms with Crippen LogP contribution in [0.2, 0.25) is 5.02 Å². The number of likely N-dealkylation sites (N-methyl/N-ethyl adjacent to an activating group) is 1. The summed E-state index contributed by atoms with van der Waals surface area (Å²) in [6.07, 6.45) is 3.29. The second-order valence-electron chi connectivity index (χ2n) is 9.69. The van der Waals surface area contributed by atoms with Crippen molar-refractivity contribution in [1.82, 2.24) is 9.80 Å². The van der Waals surface area contributed by atoms with Crippen LogP contribution >= 0.6 is 23.5 Å². The molecule has 1 heterocycles. The second-order valence-corrected chi connectivity index (χ2v) is 10.6. The van der Waals surface area contributed by atoms with Gasteiger partial charge in [-0.15, -0.1) is 0 Å². The third kappa shape index (κ3) is 12.9. The predicted octanol–water partition coefficient (Wildman–Crippen LogP) is 4.38. The number of methoxy groups -OCH3 is 1. The minimum atomic E-state index is -0.0465. The molecule has 1 amide bonds. The minimum absolute atomic E-state index is 0.0465. The zero-order chi connectivity index (χ0) is 29.2. The van der Waals surface area contributed by atoms with Gasteiger partial charge < -0.3 is 23.8 Å². The lowest BCUT2D eigenvalue weighted by Crippen LogP contribution is -2.39. The first kappa shape index (κ1) is 34.5. The zero-order valence-electron chi connectivity index (χ0n) is 24.4. The highest BCUT2D eigenvalue weighted by Gasteiger charge is 2.29. The predicted molar refractivity (Wildman–Crippen MR) is 164 cm³/mol. The lowest BCUT2D eigenvalue weighted by molar-refractivity contribution is -0.131. The number of benzene rings is 2. The molecule has 0 aliphatic carbocycles. The van der Waals surface area contributed by atoms with Crippen molar-refractivity contribution in [1.29, 1.82) is 0 Å². The van der Waals surface area contributed by atoms with Crippen LogP contribution < -0.4 is 5.14 Å². The van der Waals surface area contributed by atoms with Gasteiger partial charge in [-0.25, -0.2) is 0 Å². The number of ether oxygens (including phenoxy) is 4. The van der Waals surface area contributed by atoms with E-state index in [0.29, 0.717) is 51.1 Å². The first-order chi connectivity index (χ1) is 19.4. The molecule has 0 aromatic heterocycles. The van der Waals surface area contributed by atoms with E-state index >= 15 is 0 Å². The third-order valence-corrected chi connectivity index (χ3v) is 7.09. The Morgan fingerprint density at radius 1 is 1.10 bits per heavy atom. The first-order valence-corrected chi connectivity index (χ1v) is 15.3. The second kappa shape index (κ2) is 20.2. The fourth-order valence-corrected chi connectivity index (χ4v) is 4.63. The van der Waals surface area contributed by atoms with Crippen molar-refractivity contribution < 1.29 is 23.7 Å². The molecular weight excluding hydrogens is 550 g/mol. The standard InChI is InChI=1S/C29H41ClN2O5.CH5NS/c1-23-9-10-24(19-27(23)30)20-29(33)31(2)28(25-7-5-4-6-8-25)22-32-12-11-26(21-32)37-18-17-36-16-15-35-14-13-34-3;1-3-2/h4-10,19,26,28H,11-18,20-22H2,1-3H3;2H2,1H3. The number of halogens is 1. The smallest absolute Gasteiger partial charge is 0.227 e. The van der Waals surface area contributed by atoms with Gasteiger partial charge >= 0.3 is 0 Å². The molecule has 1 saturated heterocycles. The van der Waals surface area contributed by atoms with Crippen LogP contribution in [0.1, 0.15) is 29.2 Å². The number of hydrogen-bond acceptors (Lipinski definition) is 8. The summed E-state index contributed by atoms with van der Waals surface area (Å²) in [4.78, 5) is 17.5. The lowest BCUT2D eigenvalue weighted by Gasteiger charge is -2.32. The van der Waals surface area contributed by atoms with Crippen LogP contribution in [-0.2, 0) is 30.2 Å². The van der Waals surface area contributed by atoms with Crippen molar-refractivity contribution in [3.63, 3.8) is 0 Å². The van der Waals surface area contributed by atoms with Crippen molar-refractivity contribution in [2.45, 2.75) is 31.9 Å². The van der Waals surface area contributed by atoms with Crippen molar-refractivity contribution in [3.8, 4) is 0 Å². The van der Waals surface area contributed by atoms with Gasteiger partial charge in [-0.1, -0.05) is 66.0 Å². The minimum Gasteiger partial charge on any atom is -0.382 e. The number of nitrogens with two attached hydrogens (primary N) is 1. The van der Waals surface area contributed by atoms with E-state index in [-0.39, 0.29) is 18.1 Å². The maximum absolute atomic E-state index is 13.3. The van der Waals surface area contributed by atoms with Crippen LogP contribution in [0.25, 0.3) is 0 Å². The van der Waals surface area contributed by atoms with Crippen LogP contribution in [0.3, 0.4) is 0 Å². The fraction of sp³-hybridized carbons (Fsp3) is 0.567. The Morgan fingerprint density at radius 3 is 2.40 bits per heavy atom. The Labute approximate surface area is 249 Å². The molecule has 2 atom stereocenters. The molecule has 2 aromatic rings. The van der Waals surface area contributed by atoms with Crippen LogP contribution in [0.15, 0.2) is 48.5 Å². The number of amides is 1. The van der Waals surface area contributed by atoms with Crippen molar-refractivity contribution >= 4 is 29.5 Å². The summed E-state index contributed by atoms with van der Waals surface area (Å²) in [5, 5.41) is 5.46. The van der Waals surface area contributed by atoms with Crippen LogP contribution in [0.4, 0.5) is 0 Å². The van der Waals surface area contributed by atoms with Gasteiger partial charge in [-0.2, -0.15) is 0 Å². The van der Waals surface area contributed by atoms with Gasteiger partial charge in [-0.3, -0.25) is 14.8 Å². The molecular formula is C30H46ClN3O5S. The maximum atomic E-state index is 13.3. The van der Waals surface area contributed by atoms with E-state index in [2.05, 4.69) is 17.0 Å². The SMILES string of the molecule is COCCOCCOCCOC1CCN(CC(c2ccccc2)N(C)C(=O)Cc2ccc(C)c(Cl)c2)C1.CSN. The number of carbonyl (C=O) groups excluding carboxylic acids is 1. The molecule has 3 rings (SSSR count). The summed E-state index contributed by atoms with van der Waals surface area (Å²) < 4.78 is 22.0. The summed E-state index contributed by atoms with van der Waals surface area (Å²) in [5.74, 6) is 0.0733. The number of aryl methyl sites for hydroxylation is 1. The largest absolute Gasteiger partial charge is 0.382 e. The van der Waals surface area contributed by atoms with E-state index in [0.717, 1.165) is 42.7 Å². The molecule has 0 radical (unpaired) electrons. The van der Waals surface area contributed by atoms with Gasteiger partial charge in [0.2, 0.25) is 5.91 Å². The zero-order valence-corrected chi connectivity index (χ0v) is 25.9. The molecule has 0 spiro atoms. The average Bonchev–Trinajstić information content (AvgIpc) is 3.40. The Bertz CT molecular complexity index is 972. The average molecular weight is 596 g/mol. The molecule has 40 heavy (non-hydrogen) atoms. The van der Waals surface area contributed by atoms with E-state index < -0.39 is 0 Å². The Balaban J connectivity index is 0.00000178. The monoisotopic (exact) mass is 595 g/mol. The Kier molecular flexibility index (Phi) is 17.5. The van der Waals surface area contributed by atoms with Crippen molar-refractivity contribution in [2.24, 2.45) is 5.14 Å². The number of nitrogens with zero attached hydrogens (tertiary/aromatic N) is 2. The third-order valence-electron chi connectivity index (χ3n) is 6.68. The summed E-state index contributed by atoms with van der Waals surface area (Å²) in [6, 6.07) is 16.0. The van der Waals surface area contributed by atoms with E-state index in [4.69, 9.17) is 35.7 Å². The van der Waals surface area contributed by atoms with Gasteiger partial charge in [-0.05, 0) is 42.4 Å². The molecule has 1 fully saturated rings. The van der Waals surface area contributed by atoms with Crippen LogP contribution in [-0.4, -0.2) is 101 Å². The highest BCUT2D eigenvalue weighted by atomic mass is 35.5. The molecule has 2 aromatic carbocycles. The summed E-state index contributed by atoms with van der Waals surface area (Å²) in [7, 11) is 3.56. The van der Waals surface area contributed by atoms with Gasteiger partial charge in [0.05, 0.1) is 58.2 Å². The first-order valence-electron chi connectivity index (χ1n) is 13.7. The molecule has 224 valence electrons. The maximum Gasteiger partial charge on any atom is 0.227 e. The normalized spacial score (nSPS) is 15.9. The quantitative estimate of drug-likeness (QED) is 0.226. The van der Waals surface area contributed by atoms with Crippen LogP contribution in [0, 0.1) is 6.92 Å². The number of hydrogen-bond donors (Lipinski definition) is 1. The number of carbonyl (C=O) groups is 1. The Morgan fingerprint density at radius 2 is 1.75 bits per heavy atom. The molecule has 10 heteroatoms. The van der Waals surface area contributed by atoms with Gasteiger partial charge in [0.25, 0.3) is 0 Å². The molecule has 2 unspecified atom stereocenters. The number of likely N-dealkylation sites (tertiary alicyclic amines) is 1. The van der Waals surface area contributed by atoms with E-state index in [1.807, 2.05) is 61.5 Å². The number of rotatable bonds is 16. The van der Waals surface area contributed by atoms with Gasteiger partial charge in [0, 0.05) is 38.8 Å². The van der Waals surface area contributed by atoms with Gasteiger partial charge in [0.1, 0.15) is 0 Å². The molecule has 0 bridgehead atoms. The summed E-state index contributed by atoms with van der Waals surface area (Å²) >= 11 is 7.54. The Hall–Kier alpha value is -1.69. The fourth-order valence-electron chi connectivity index (χ4n) is 4.43. The molecule has 8 nitrogen and oxygen atoms in total. The molecule has 2 N–H and O–H groups in total. The molecule has 1 aliphatic heterocycles. The summed E-state index contributed by atoms with van der Waals surface area (Å²) in [6.45, 7) is 7.92. The molecule has 0 saturated carbocycles. The highest BCUT2D eigenvalue weighted by Crippen LogP contribution is 2.25. The van der Waals surface area contributed by atoms with Crippen LogP contribution in [0.5, 0.6) is 0 Å². The van der Waals surface area contributed by atoms with Crippen molar-refractivity contribution in [3.05, 3.63) is 70.2 Å². The van der Waals surface area contributed by atoms with E-state index in [9.17, 15) is 4.79 Å². The molecule has 1 aliphatic rings. The topological polar surface area (TPSA) is 86.5 Å². The lowest BCUT2D eigenvalue weighted by atomic mass is 10.0. The van der Waals surface area contributed by atoms with Gasteiger partial charge in [0.15, 0.2) is 0 Å². The van der Waals surface area contributed by atoms with E-state index in [1.54, 1.807) is 7.11 Å². The highest BCUT2D eigenvalue weighted by molar-refractivity contribution is 7.96. The van der Waals surface area contributed by atoms with Crippen molar-refractivity contribution in [2.75, 3.05) is 79.7 Å². The van der Waals surface area contributed by atoms with E-state index in [1.165, 1.54) is 11.9 Å².